The Morgan fingerprint density at radius 1 is 0.818 bits per heavy atom. The average Bonchev–Trinajstić information content (AvgIpc) is 2.78. The van der Waals surface area contributed by atoms with Crippen LogP contribution in [0, 0.1) is 34.5 Å². The van der Waals surface area contributed by atoms with Crippen LogP contribution in [-0.4, -0.2) is 18.4 Å². The summed E-state index contributed by atoms with van der Waals surface area (Å²) in [5, 5.41) is 0. The molecule has 0 spiro atoms. The van der Waals surface area contributed by atoms with E-state index in [1.54, 1.807) is 6.92 Å². The Bertz CT molecular complexity index is 720. The monoisotopic (exact) mass is 456 g/mol. The molecule has 2 aliphatic carbocycles. The Morgan fingerprint density at radius 2 is 1.24 bits per heavy atom. The first kappa shape index (κ1) is 29.3. The normalized spacial score (nSPS) is 33.7. The average molecular weight is 457 g/mol. The third kappa shape index (κ3) is 7.36. The maximum Gasteiger partial charge on any atom is 0.130 e. The number of carbonyl (C=O) groups excluding carboxylic acids is 3. The molecule has 0 aromatic carbocycles. The zero-order chi connectivity index (χ0) is 25.2. The van der Waals surface area contributed by atoms with Crippen LogP contribution in [0.2, 0.25) is 0 Å². The van der Waals surface area contributed by atoms with Crippen LogP contribution in [0.5, 0.6) is 0 Å². The zero-order valence-electron chi connectivity index (χ0n) is 22.0. The summed E-state index contributed by atoms with van der Waals surface area (Å²) in [6.07, 6.45) is 13.7. The number of carbonyl (C=O) groups is 3. The van der Waals surface area contributed by atoms with Gasteiger partial charge in [0.2, 0.25) is 0 Å². The van der Waals surface area contributed by atoms with Gasteiger partial charge in [-0.25, -0.2) is 0 Å². The van der Waals surface area contributed by atoms with Crippen molar-refractivity contribution in [2.45, 2.75) is 98.8 Å². The van der Waals surface area contributed by atoms with E-state index in [9.17, 15) is 14.4 Å². The maximum atomic E-state index is 11.6. The van der Waals surface area contributed by atoms with Crippen LogP contribution in [0.3, 0.4) is 0 Å². The van der Waals surface area contributed by atoms with Crippen LogP contribution in [0.15, 0.2) is 37.0 Å². The number of rotatable bonds is 10. The molecule has 2 saturated carbocycles. The number of ketones is 1. The van der Waals surface area contributed by atoms with Crippen LogP contribution in [0.25, 0.3) is 0 Å². The molecule has 3 heteroatoms. The quantitative estimate of drug-likeness (QED) is 0.250. The minimum Gasteiger partial charge on any atom is -0.303 e. The highest BCUT2D eigenvalue weighted by molar-refractivity contribution is 5.80. The second kappa shape index (κ2) is 13.2. The molecule has 0 heterocycles. The lowest BCUT2D eigenvalue weighted by molar-refractivity contribution is -0.131. The highest BCUT2D eigenvalue weighted by Gasteiger charge is 2.44. The van der Waals surface area contributed by atoms with Crippen LogP contribution in [0.1, 0.15) is 98.8 Å². The summed E-state index contributed by atoms with van der Waals surface area (Å²) < 4.78 is 0. The molecule has 0 N–H and O–H groups in total. The Morgan fingerprint density at radius 3 is 1.58 bits per heavy atom. The van der Waals surface area contributed by atoms with Gasteiger partial charge in [-0.3, -0.25) is 4.79 Å². The molecule has 0 aromatic heterocycles. The van der Waals surface area contributed by atoms with E-state index < -0.39 is 5.41 Å². The Balaban J connectivity index is 0.000000331. The van der Waals surface area contributed by atoms with Gasteiger partial charge in [0.1, 0.15) is 18.4 Å². The second-order valence-electron chi connectivity index (χ2n) is 10.9. The van der Waals surface area contributed by atoms with E-state index in [0.29, 0.717) is 30.1 Å². The summed E-state index contributed by atoms with van der Waals surface area (Å²) in [6, 6.07) is 0. The van der Waals surface area contributed by atoms with E-state index in [1.807, 2.05) is 13.0 Å². The van der Waals surface area contributed by atoms with Gasteiger partial charge in [0.25, 0.3) is 0 Å². The van der Waals surface area contributed by atoms with Crippen molar-refractivity contribution < 1.29 is 14.4 Å². The van der Waals surface area contributed by atoms with Crippen LogP contribution >= 0.6 is 0 Å². The smallest absolute Gasteiger partial charge is 0.130 e. The van der Waals surface area contributed by atoms with Gasteiger partial charge >= 0.3 is 0 Å². The first-order chi connectivity index (χ1) is 15.5. The summed E-state index contributed by atoms with van der Waals surface area (Å²) in [7, 11) is 0. The Hall–Kier alpha value is -1.77. The first-order valence-electron chi connectivity index (χ1n) is 12.9. The molecule has 2 fully saturated rings. The lowest BCUT2D eigenvalue weighted by Crippen LogP contribution is -2.40. The highest BCUT2D eigenvalue weighted by atomic mass is 16.1. The molecule has 0 unspecified atom stereocenters. The molecule has 2 aliphatic rings. The number of hydrogen-bond donors (Lipinski definition) is 0. The summed E-state index contributed by atoms with van der Waals surface area (Å²) in [4.78, 5) is 34.5. The van der Waals surface area contributed by atoms with Crippen molar-refractivity contribution in [2.24, 2.45) is 34.5 Å². The van der Waals surface area contributed by atoms with E-state index in [2.05, 4.69) is 40.5 Å². The summed E-state index contributed by atoms with van der Waals surface area (Å²) in [6.45, 7) is 21.9. The van der Waals surface area contributed by atoms with Gasteiger partial charge in [-0.1, -0.05) is 57.1 Å². The third-order valence-electron chi connectivity index (χ3n) is 8.56. The molecule has 0 amide bonds. The minimum absolute atomic E-state index is 0.123. The van der Waals surface area contributed by atoms with Crippen molar-refractivity contribution in [1.82, 2.24) is 0 Å². The van der Waals surface area contributed by atoms with E-state index in [0.717, 1.165) is 63.2 Å². The van der Waals surface area contributed by atoms with Crippen molar-refractivity contribution in [3.63, 3.8) is 0 Å². The fourth-order valence-electron chi connectivity index (χ4n) is 6.47. The number of Topliss-reactive ketones (excluding diaryl/α,β-unsaturated/α-hetero) is 1. The van der Waals surface area contributed by atoms with Crippen molar-refractivity contribution in [2.75, 3.05) is 0 Å². The summed E-state index contributed by atoms with van der Waals surface area (Å²) >= 11 is 0. The molecule has 0 radical (unpaired) electrons. The largest absolute Gasteiger partial charge is 0.303 e. The highest BCUT2D eigenvalue weighted by Crippen LogP contribution is 2.49. The second-order valence-corrected chi connectivity index (χ2v) is 10.9. The predicted molar refractivity (Wildman–Crippen MR) is 139 cm³/mol. The van der Waals surface area contributed by atoms with Crippen molar-refractivity contribution >= 4 is 18.4 Å². The predicted octanol–water partition coefficient (Wildman–Crippen LogP) is 7.70. The van der Waals surface area contributed by atoms with Crippen LogP contribution in [-0.2, 0) is 14.4 Å². The van der Waals surface area contributed by atoms with Crippen molar-refractivity contribution in [3.05, 3.63) is 37.0 Å². The lowest BCUT2D eigenvalue weighted by atomic mass is 9.60. The Kier molecular flexibility index (Phi) is 11.7. The molecule has 0 saturated heterocycles. The van der Waals surface area contributed by atoms with E-state index in [-0.39, 0.29) is 11.2 Å². The minimum atomic E-state index is -0.428. The molecule has 0 bridgehead atoms. The van der Waals surface area contributed by atoms with Gasteiger partial charge in [-0.05, 0) is 89.4 Å². The summed E-state index contributed by atoms with van der Waals surface area (Å²) in [5.41, 5.74) is 1.78. The van der Waals surface area contributed by atoms with Gasteiger partial charge in [-0.15, -0.1) is 6.58 Å². The maximum absolute atomic E-state index is 11.6. The first-order valence-corrected chi connectivity index (χ1v) is 12.9. The van der Waals surface area contributed by atoms with Crippen molar-refractivity contribution in [3.8, 4) is 0 Å². The molecule has 0 aromatic rings. The van der Waals surface area contributed by atoms with E-state index >= 15 is 0 Å². The van der Waals surface area contributed by atoms with Crippen LogP contribution in [0.4, 0.5) is 0 Å². The number of allylic oxidation sites excluding steroid dienone is 3. The lowest BCUT2D eigenvalue weighted by Gasteiger charge is -2.43. The van der Waals surface area contributed by atoms with Crippen LogP contribution < -0.4 is 0 Å². The molecular formula is C30H48O3. The van der Waals surface area contributed by atoms with E-state index in [4.69, 9.17) is 0 Å². The fraction of sp³-hybridized carbons (Fsp3) is 0.700. The topological polar surface area (TPSA) is 51.2 Å². The molecule has 33 heavy (non-hydrogen) atoms. The third-order valence-corrected chi connectivity index (χ3v) is 8.56. The van der Waals surface area contributed by atoms with Gasteiger partial charge in [0.15, 0.2) is 0 Å². The fourth-order valence-corrected chi connectivity index (χ4v) is 6.47. The molecule has 0 aliphatic heterocycles. The molecule has 2 rings (SSSR count). The Labute approximate surface area is 203 Å². The molecule has 3 nitrogen and oxygen atoms in total. The van der Waals surface area contributed by atoms with Gasteiger partial charge in [-0.2, -0.15) is 0 Å². The van der Waals surface area contributed by atoms with Gasteiger partial charge < -0.3 is 9.59 Å². The zero-order valence-corrected chi connectivity index (χ0v) is 22.0. The molecular weight excluding hydrogens is 408 g/mol. The summed E-state index contributed by atoms with van der Waals surface area (Å²) in [5.74, 6) is 1.94. The van der Waals surface area contributed by atoms with Gasteiger partial charge in [0, 0.05) is 17.3 Å². The number of hydrogen-bond acceptors (Lipinski definition) is 3. The molecule has 186 valence electrons. The molecule has 6 atom stereocenters. The van der Waals surface area contributed by atoms with Crippen molar-refractivity contribution in [1.29, 1.82) is 0 Å². The van der Waals surface area contributed by atoms with Gasteiger partial charge in [0.05, 0.1) is 0 Å². The van der Waals surface area contributed by atoms with E-state index in [1.165, 1.54) is 18.3 Å². The standard InChI is InChI=1S/C15H24O2.C15H24O/c1-5-14-7-6-13(11(2)3)9-15(14,10-16)8-12(4)17;1-5-9-15(11-16)10-13(12(3)4)7-8-14(15)6-2/h10,13-14H,2,5-9H2,1,3-4H3;5,11,13-14H,1,3,6-10H2,2,4H3/t2*13-,14-,15-/m00/s1. The SMILES string of the molecule is C=C(C)[C@H]1CC[C@H](CC)[C@@](C=O)(CC(C)=O)C1.C=CC[C@@]1(C=O)C[C@@H](C(=C)C)CC[C@@H]1CC. The number of aldehydes is 2.